The Labute approximate surface area is 107 Å². The standard InChI is InChI=1S/C16H15NO/c1-2-6-13(7-3-1)10-15-12-18-11-14-8-4-5-9-16(14)17-15/h1-10,17H,11-12H2/b15-10+. The molecule has 2 nitrogen and oxygen atoms in total. The van der Waals surface area contributed by atoms with Gasteiger partial charge >= 0.3 is 0 Å². The first-order chi connectivity index (χ1) is 8.92. The molecule has 0 aliphatic carbocycles. The van der Waals surface area contributed by atoms with E-state index >= 15 is 0 Å². The van der Waals surface area contributed by atoms with Gasteiger partial charge in [-0.25, -0.2) is 0 Å². The average Bonchev–Trinajstić information content (AvgIpc) is 2.61. The molecule has 0 radical (unpaired) electrons. The lowest BCUT2D eigenvalue weighted by molar-refractivity contribution is 0.147. The van der Waals surface area contributed by atoms with Crippen molar-refractivity contribution in [3.05, 3.63) is 71.4 Å². The van der Waals surface area contributed by atoms with Gasteiger partial charge in [0.15, 0.2) is 0 Å². The minimum absolute atomic E-state index is 0.615. The minimum atomic E-state index is 0.615. The lowest BCUT2D eigenvalue weighted by atomic mass is 10.1. The normalized spacial score (nSPS) is 16.8. The zero-order valence-electron chi connectivity index (χ0n) is 10.1. The second kappa shape index (κ2) is 5.07. The third-order valence-electron chi connectivity index (χ3n) is 2.97. The van der Waals surface area contributed by atoms with Crippen molar-refractivity contribution in [2.75, 3.05) is 11.9 Å². The van der Waals surface area contributed by atoms with Gasteiger partial charge in [0.25, 0.3) is 0 Å². The third-order valence-corrected chi connectivity index (χ3v) is 2.97. The van der Waals surface area contributed by atoms with Gasteiger partial charge in [0, 0.05) is 16.9 Å². The predicted octanol–water partition coefficient (Wildman–Crippen LogP) is 3.67. The van der Waals surface area contributed by atoms with Crippen LogP contribution in [0.15, 0.2) is 60.3 Å². The molecule has 1 aliphatic heterocycles. The Bertz CT molecular complexity index is 560. The van der Waals surface area contributed by atoms with Crippen molar-refractivity contribution in [3.8, 4) is 0 Å². The Morgan fingerprint density at radius 1 is 0.889 bits per heavy atom. The van der Waals surface area contributed by atoms with Crippen LogP contribution in [-0.4, -0.2) is 6.61 Å². The third kappa shape index (κ3) is 2.44. The zero-order valence-corrected chi connectivity index (χ0v) is 10.1. The highest BCUT2D eigenvalue weighted by atomic mass is 16.5. The molecule has 3 rings (SSSR count). The fourth-order valence-electron chi connectivity index (χ4n) is 2.08. The molecule has 0 atom stereocenters. The van der Waals surface area contributed by atoms with Gasteiger partial charge in [0.1, 0.15) is 0 Å². The minimum Gasteiger partial charge on any atom is -0.370 e. The summed E-state index contributed by atoms with van der Waals surface area (Å²) in [4.78, 5) is 0. The Hall–Kier alpha value is -2.06. The molecule has 0 saturated heterocycles. The van der Waals surface area contributed by atoms with Gasteiger partial charge in [0.05, 0.1) is 13.2 Å². The van der Waals surface area contributed by atoms with E-state index in [-0.39, 0.29) is 0 Å². The monoisotopic (exact) mass is 237 g/mol. The number of anilines is 1. The second-order valence-corrected chi connectivity index (χ2v) is 4.36. The molecule has 2 heteroatoms. The molecule has 0 spiro atoms. The largest absolute Gasteiger partial charge is 0.370 e. The van der Waals surface area contributed by atoms with Gasteiger partial charge in [0.2, 0.25) is 0 Å². The molecule has 0 amide bonds. The number of ether oxygens (including phenoxy) is 1. The molecule has 1 N–H and O–H groups in total. The molecule has 90 valence electrons. The maximum absolute atomic E-state index is 5.67. The Kier molecular flexibility index (Phi) is 3.11. The molecule has 0 saturated carbocycles. The number of nitrogens with one attached hydrogen (secondary N) is 1. The number of hydrogen-bond acceptors (Lipinski definition) is 2. The van der Waals surface area contributed by atoms with Crippen molar-refractivity contribution in [2.45, 2.75) is 6.61 Å². The summed E-state index contributed by atoms with van der Waals surface area (Å²) in [6.07, 6.45) is 2.13. The van der Waals surface area contributed by atoms with Gasteiger partial charge in [-0.2, -0.15) is 0 Å². The van der Waals surface area contributed by atoms with Crippen molar-refractivity contribution in [1.29, 1.82) is 0 Å². The van der Waals surface area contributed by atoms with Crippen LogP contribution in [0.1, 0.15) is 11.1 Å². The van der Waals surface area contributed by atoms with Crippen LogP contribution in [-0.2, 0) is 11.3 Å². The number of hydrogen-bond donors (Lipinski definition) is 1. The SMILES string of the molecule is C(=C1/COCc2ccccc2N1)/c1ccccc1. The summed E-state index contributed by atoms with van der Waals surface area (Å²) >= 11 is 0. The first-order valence-corrected chi connectivity index (χ1v) is 6.10. The van der Waals surface area contributed by atoms with E-state index < -0.39 is 0 Å². The van der Waals surface area contributed by atoms with Crippen LogP contribution < -0.4 is 5.32 Å². The van der Waals surface area contributed by atoms with E-state index in [1.165, 1.54) is 11.1 Å². The molecule has 2 aromatic carbocycles. The summed E-state index contributed by atoms with van der Waals surface area (Å²) < 4.78 is 5.67. The first-order valence-electron chi connectivity index (χ1n) is 6.10. The fourth-order valence-corrected chi connectivity index (χ4v) is 2.08. The van der Waals surface area contributed by atoms with Crippen LogP contribution in [0, 0.1) is 0 Å². The molecule has 0 aromatic heterocycles. The molecular weight excluding hydrogens is 222 g/mol. The van der Waals surface area contributed by atoms with E-state index in [9.17, 15) is 0 Å². The van der Waals surface area contributed by atoms with Gasteiger partial charge in [-0.3, -0.25) is 0 Å². The van der Waals surface area contributed by atoms with Crippen LogP contribution in [0.4, 0.5) is 5.69 Å². The summed E-state index contributed by atoms with van der Waals surface area (Å²) in [6.45, 7) is 1.28. The molecule has 0 unspecified atom stereocenters. The highest BCUT2D eigenvalue weighted by Crippen LogP contribution is 2.22. The van der Waals surface area contributed by atoms with Crippen molar-refractivity contribution >= 4 is 11.8 Å². The van der Waals surface area contributed by atoms with E-state index in [0.717, 1.165) is 11.4 Å². The maximum Gasteiger partial charge on any atom is 0.0870 e. The quantitative estimate of drug-likeness (QED) is 0.817. The summed E-state index contributed by atoms with van der Waals surface area (Å²) in [5.41, 5.74) is 4.61. The number of benzene rings is 2. The number of rotatable bonds is 1. The lowest BCUT2D eigenvalue weighted by Crippen LogP contribution is -2.02. The van der Waals surface area contributed by atoms with Gasteiger partial charge in [-0.05, 0) is 17.7 Å². The average molecular weight is 237 g/mol. The summed E-state index contributed by atoms with van der Waals surface area (Å²) in [6, 6.07) is 18.5. The molecule has 18 heavy (non-hydrogen) atoms. The van der Waals surface area contributed by atoms with Crippen molar-refractivity contribution in [2.24, 2.45) is 0 Å². The Balaban J connectivity index is 1.90. The van der Waals surface area contributed by atoms with Crippen LogP contribution in [0.25, 0.3) is 6.08 Å². The van der Waals surface area contributed by atoms with Crippen LogP contribution in [0.3, 0.4) is 0 Å². The topological polar surface area (TPSA) is 21.3 Å². The molecule has 0 fully saturated rings. The van der Waals surface area contributed by atoms with Gasteiger partial charge < -0.3 is 10.1 Å². The zero-order chi connectivity index (χ0) is 12.2. The van der Waals surface area contributed by atoms with Crippen LogP contribution in [0.5, 0.6) is 0 Å². The molecular formula is C16H15NO. The number of fused-ring (bicyclic) bond motifs is 1. The molecule has 2 aromatic rings. The van der Waals surface area contributed by atoms with Crippen molar-refractivity contribution in [3.63, 3.8) is 0 Å². The highest BCUT2D eigenvalue weighted by molar-refractivity contribution is 5.62. The van der Waals surface area contributed by atoms with E-state index in [4.69, 9.17) is 4.74 Å². The Morgan fingerprint density at radius 2 is 1.67 bits per heavy atom. The highest BCUT2D eigenvalue weighted by Gasteiger charge is 2.09. The maximum atomic E-state index is 5.67. The number of para-hydroxylation sites is 1. The van der Waals surface area contributed by atoms with Crippen LogP contribution >= 0.6 is 0 Å². The van der Waals surface area contributed by atoms with E-state index in [1.807, 2.05) is 30.3 Å². The summed E-state index contributed by atoms with van der Waals surface area (Å²) in [5, 5.41) is 3.44. The lowest BCUT2D eigenvalue weighted by Gasteiger charge is -2.08. The molecule has 1 aliphatic rings. The van der Waals surface area contributed by atoms with E-state index in [0.29, 0.717) is 13.2 Å². The summed E-state index contributed by atoms with van der Waals surface area (Å²) in [7, 11) is 0. The van der Waals surface area contributed by atoms with Crippen molar-refractivity contribution in [1.82, 2.24) is 0 Å². The fraction of sp³-hybridized carbons (Fsp3) is 0.125. The first kappa shape index (κ1) is 11.1. The molecule has 0 bridgehead atoms. The van der Waals surface area contributed by atoms with Crippen molar-refractivity contribution < 1.29 is 4.74 Å². The van der Waals surface area contributed by atoms with E-state index in [1.54, 1.807) is 0 Å². The second-order valence-electron chi connectivity index (χ2n) is 4.36. The van der Waals surface area contributed by atoms with Gasteiger partial charge in [-0.1, -0.05) is 48.5 Å². The van der Waals surface area contributed by atoms with Crippen LogP contribution in [0.2, 0.25) is 0 Å². The summed E-state index contributed by atoms with van der Waals surface area (Å²) in [5.74, 6) is 0. The Morgan fingerprint density at radius 3 is 2.56 bits per heavy atom. The smallest absolute Gasteiger partial charge is 0.0870 e. The molecule has 1 heterocycles. The van der Waals surface area contributed by atoms with Gasteiger partial charge in [-0.15, -0.1) is 0 Å². The predicted molar refractivity (Wildman–Crippen MR) is 74.1 cm³/mol. The van der Waals surface area contributed by atoms with E-state index in [2.05, 4.69) is 35.7 Å².